The summed E-state index contributed by atoms with van der Waals surface area (Å²) in [6.45, 7) is 2.16. The lowest BCUT2D eigenvalue weighted by molar-refractivity contribution is -0.126. The van der Waals surface area contributed by atoms with Crippen molar-refractivity contribution in [1.29, 1.82) is 0 Å². The molecule has 2 unspecified atom stereocenters. The second kappa shape index (κ2) is 4.75. The second-order valence-corrected chi connectivity index (χ2v) is 4.57. The fraction of sp³-hybridized carbons (Fsp3) is 0.333. The van der Waals surface area contributed by atoms with Crippen molar-refractivity contribution in [2.24, 2.45) is 11.8 Å². The zero-order valence-corrected chi connectivity index (χ0v) is 10.1. The molecule has 0 bridgehead atoms. The third kappa shape index (κ3) is 2.58. The predicted molar refractivity (Wildman–Crippen MR) is 65.7 cm³/mol. The van der Waals surface area contributed by atoms with Crippen molar-refractivity contribution < 1.29 is 9.59 Å². The average molecular weight is 253 g/mol. The third-order valence-corrected chi connectivity index (χ3v) is 3.21. The minimum atomic E-state index is -0.307. The van der Waals surface area contributed by atoms with E-state index in [-0.39, 0.29) is 23.7 Å². The molecule has 0 aliphatic carbocycles. The third-order valence-electron chi connectivity index (χ3n) is 2.96. The van der Waals surface area contributed by atoms with Crippen LogP contribution in [-0.4, -0.2) is 18.4 Å². The topological polar surface area (TPSA) is 58.2 Å². The highest BCUT2D eigenvalue weighted by molar-refractivity contribution is 6.30. The van der Waals surface area contributed by atoms with Crippen molar-refractivity contribution in [2.45, 2.75) is 6.92 Å². The summed E-state index contributed by atoms with van der Waals surface area (Å²) in [7, 11) is 0. The molecule has 0 saturated carbocycles. The van der Waals surface area contributed by atoms with E-state index in [2.05, 4.69) is 10.6 Å². The Morgan fingerprint density at radius 1 is 1.41 bits per heavy atom. The van der Waals surface area contributed by atoms with E-state index in [4.69, 9.17) is 11.6 Å². The maximum absolute atomic E-state index is 11.9. The number of hydrogen-bond acceptors (Lipinski definition) is 2. The van der Waals surface area contributed by atoms with Gasteiger partial charge in [0.2, 0.25) is 11.8 Å². The van der Waals surface area contributed by atoms with Gasteiger partial charge in [0.1, 0.15) is 0 Å². The van der Waals surface area contributed by atoms with E-state index >= 15 is 0 Å². The summed E-state index contributed by atoms with van der Waals surface area (Å²) < 4.78 is 0. The minimum absolute atomic E-state index is 0.0683. The Labute approximate surface area is 104 Å². The highest BCUT2D eigenvalue weighted by atomic mass is 35.5. The highest BCUT2D eigenvalue weighted by Gasteiger charge is 2.35. The lowest BCUT2D eigenvalue weighted by atomic mass is 9.97. The lowest BCUT2D eigenvalue weighted by Gasteiger charge is -2.12. The quantitative estimate of drug-likeness (QED) is 0.841. The van der Waals surface area contributed by atoms with Crippen molar-refractivity contribution in [3.63, 3.8) is 0 Å². The van der Waals surface area contributed by atoms with Crippen LogP contribution < -0.4 is 10.6 Å². The summed E-state index contributed by atoms with van der Waals surface area (Å²) in [6, 6.07) is 6.88. The largest absolute Gasteiger partial charge is 0.355 e. The number of carbonyl (C=O) groups is 2. The molecule has 2 rings (SSSR count). The molecule has 2 atom stereocenters. The Morgan fingerprint density at radius 3 is 2.59 bits per heavy atom. The van der Waals surface area contributed by atoms with Crippen molar-refractivity contribution in [3.05, 3.63) is 29.3 Å². The van der Waals surface area contributed by atoms with Gasteiger partial charge in [-0.2, -0.15) is 0 Å². The van der Waals surface area contributed by atoms with Gasteiger partial charge in [-0.1, -0.05) is 18.5 Å². The first-order chi connectivity index (χ1) is 8.08. The molecule has 0 spiro atoms. The molecule has 0 radical (unpaired) electrons. The van der Waals surface area contributed by atoms with Gasteiger partial charge >= 0.3 is 0 Å². The van der Waals surface area contributed by atoms with E-state index in [1.165, 1.54) is 0 Å². The molecule has 2 N–H and O–H groups in total. The van der Waals surface area contributed by atoms with Crippen LogP contribution in [0.15, 0.2) is 24.3 Å². The molecule has 1 aromatic rings. The maximum Gasteiger partial charge on any atom is 0.230 e. The van der Waals surface area contributed by atoms with Crippen molar-refractivity contribution in [2.75, 3.05) is 11.9 Å². The normalized spacial score (nSPS) is 23.3. The predicted octanol–water partition coefficient (Wildman–Crippen LogP) is 1.66. The molecule has 1 aliphatic heterocycles. The number of halogens is 1. The molecule has 1 saturated heterocycles. The zero-order chi connectivity index (χ0) is 12.4. The fourth-order valence-electron chi connectivity index (χ4n) is 1.82. The van der Waals surface area contributed by atoms with E-state index in [1.54, 1.807) is 31.2 Å². The molecule has 1 aliphatic rings. The number of hydrogen-bond donors (Lipinski definition) is 2. The van der Waals surface area contributed by atoms with Gasteiger partial charge in [0, 0.05) is 23.2 Å². The Bertz CT molecular complexity index is 444. The second-order valence-electron chi connectivity index (χ2n) is 4.14. The number of carbonyl (C=O) groups excluding carboxylic acids is 2. The van der Waals surface area contributed by atoms with Crippen molar-refractivity contribution in [3.8, 4) is 0 Å². The van der Waals surface area contributed by atoms with Gasteiger partial charge in [-0.3, -0.25) is 9.59 Å². The maximum atomic E-state index is 11.9. The van der Waals surface area contributed by atoms with E-state index in [9.17, 15) is 9.59 Å². The number of nitrogens with one attached hydrogen (secondary N) is 2. The first-order valence-electron chi connectivity index (χ1n) is 5.42. The van der Waals surface area contributed by atoms with Crippen molar-refractivity contribution in [1.82, 2.24) is 5.32 Å². The Kier molecular flexibility index (Phi) is 3.33. The average Bonchev–Trinajstić information content (AvgIpc) is 2.63. The SMILES string of the molecule is CC1C(=O)NCC1C(=O)Nc1ccc(Cl)cc1. The Morgan fingerprint density at radius 2 is 2.06 bits per heavy atom. The van der Waals surface area contributed by atoms with Crippen molar-refractivity contribution >= 4 is 29.1 Å². The van der Waals surface area contributed by atoms with E-state index < -0.39 is 0 Å². The summed E-state index contributed by atoms with van der Waals surface area (Å²) in [5.41, 5.74) is 0.686. The Hall–Kier alpha value is -1.55. The molecule has 1 heterocycles. The molecule has 1 aromatic carbocycles. The van der Waals surface area contributed by atoms with Crippen LogP contribution in [-0.2, 0) is 9.59 Å². The van der Waals surface area contributed by atoms with Crippen LogP contribution in [0, 0.1) is 11.8 Å². The number of rotatable bonds is 2. The smallest absolute Gasteiger partial charge is 0.230 e. The van der Waals surface area contributed by atoms with Gasteiger partial charge in [0.15, 0.2) is 0 Å². The van der Waals surface area contributed by atoms with Gasteiger partial charge < -0.3 is 10.6 Å². The zero-order valence-electron chi connectivity index (χ0n) is 9.37. The molecule has 0 aromatic heterocycles. The molecule has 5 heteroatoms. The van der Waals surface area contributed by atoms with E-state index in [0.717, 1.165) is 0 Å². The van der Waals surface area contributed by atoms with Crippen LogP contribution >= 0.6 is 11.6 Å². The molecular formula is C12H13ClN2O2. The molecule has 17 heavy (non-hydrogen) atoms. The summed E-state index contributed by atoms with van der Waals surface area (Å²) in [5.74, 6) is -0.792. The summed E-state index contributed by atoms with van der Waals surface area (Å²) >= 11 is 5.75. The number of amides is 2. The number of anilines is 1. The van der Waals surface area contributed by atoms with Gasteiger partial charge in [0.25, 0.3) is 0 Å². The lowest BCUT2D eigenvalue weighted by Crippen LogP contribution is -2.28. The first kappa shape index (κ1) is 11.9. The molecule has 2 amide bonds. The molecule has 1 fully saturated rings. The molecular weight excluding hydrogens is 240 g/mol. The van der Waals surface area contributed by atoms with Gasteiger partial charge in [-0.05, 0) is 24.3 Å². The molecule has 4 nitrogen and oxygen atoms in total. The fourth-order valence-corrected chi connectivity index (χ4v) is 1.94. The highest BCUT2D eigenvalue weighted by Crippen LogP contribution is 2.20. The van der Waals surface area contributed by atoms with Crippen LogP contribution in [0.5, 0.6) is 0 Å². The van der Waals surface area contributed by atoms with E-state index in [1.807, 2.05) is 0 Å². The van der Waals surface area contributed by atoms with Crippen LogP contribution in [0.2, 0.25) is 5.02 Å². The first-order valence-corrected chi connectivity index (χ1v) is 5.80. The Balaban J connectivity index is 2.02. The van der Waals surface area contributed by atoms with Crippen LogP contribution in [0.4, 0.5) is 5.69 Å². The van der Waals surface area contributed by atoms with Crippen LogP contribution in [0.25, 0.3) is 0 Å². The standard InChI is InChI=1S/C12H13ClN2O2/c1-7-10(6-14-11(7)16)12(17)15-9-4-2-8(13)3-5-9/h2-5,7,10H,6H2,1H3,(H,14,16)(H,15,17). The minimum Gasteiger partial charge on any atom is -0.355 e. The number of benzene rings is 1. The summed E-state index contributed by atoms with van der Waals surface area (Å²) in [6.07, 6.45) is 0. The monoisotopic (exact) mass is 252 g/mol. The summed E-state index contributed by atoms with van der Waals surface area (Å²) in [4.78, 5) is 23.2. The van der Waals surface area contributed by atoms with E-state index in [0.29, 0.717) is 17.3 Å². The van der Waals surface area contributed by atoms with Gasteiger partial charge in [-0.25, -0.2) is 0 Å². The van der Waals surface area contributed by atoms with Crippen LogP contribution in [0.1, 0.15) is 6.92 Å². The van der Waals surface area contributed by atoms with Gasteiger partial charge in [0.05, 0.1) is 5.92 Å². The van der Waals surface area contributed by atoms with Gasteiger partial charge in [-0.15, -0.1) is 0 Å². The molecule has 90 valence electrons. The van der Waals surface area contributed by atoms with Crippen LogP contribution in [0.3, 0.4) is 0 Å². The summed E-state index contributed by atoms with van der Waals surface area (Å²) in [5, 5.41) is 6.07.